The molecule has 0 amide bonds. The van der Waals surface area contributed by atoms with E-state index in [0.29, 0.717) is 18.8 Å². The Bertz CT molecular complexity index is 384. The van der Waals surface area contributed by atoms with E-state index in [1.54, 1.807) is 4.90 Å². The first kappa shape index (κ1) is 12.4. The Morgan fingerprint density at radius 3 is 2.69 bits per heavy atom. The molecule has 0 saturated heterocycles. The van der Waals surface area contributed by atoms with Gasteiger partial charge in [0.05, 0.1) is 17.6 Å². The molecule has 0 fully saturated rings. The van der Waals surface area contributed by atoms with Gasteiger partial charge in [-0.1, -0.05) is 0 Å². The number of nitro groups is 1. The Kier molecular flexibility index (Phi) is 4.19. The first-order valence-electron chi connectivity index (χ1n) is 4.89. The maximum atomic E-state index is 13.1. The first-order chi connectivity index (χ1) is 7.58. The van der Waals surface area contributed by atoms with Gasteiger partial charge < -0.3 is 10.0 Å². The second-order valence-corrected chi connectivity index (χ2v) is 3.23. The van der Waals surface area contributed by atoms with Crippen LogP contribution in [0.25, 0.3) is 0 Å². The molecule has 0 atom stereocenters. The van der Waals surface area contributed by atoms with Gasteiger partial charge in [-0.3, -0.25) is 10.1 Å². The summed E-state index contributed by atoms with van der Waals surface area (Å²) in [6, 6.07) is 3.38. The monoisotopic (exact) mass is 228 g/mol. The third-order valence-electron chi connectivity index (χ3n) is 2.19. The van der Waals surface area contributed by atoms with Gasteiger partial charge in [-0.25, -0.2) is 4.39 Å². The lowest BCUT2D eigenvalue weighted by atomic mass is 10.2. The molecule has 6 heteroatoms. The highest BCUT2D eigenvalue weighted by molar-refractivity contribution is 5.53. The number of likely N-dealkylation sites (N-methyl/N-ethyl adjacent to an activating group) is 1. The Hall–Kier alpha value is -1.69. The summed E-state index contributed by atoms with van der Waals surface area (Å²) in [4.78, 5) is 11.6. The summed E-state index contributed by atoms with van der Waals surface area (Å²) in [6.07, 6.45) is 0. The number of nitrogens with zero attached hydrogens (tertiary/aromatic N) is 2. The van der Waals surface area contributed by atoms with Crippen LogP contribution in [-0.2, 0) is 0 Å². The molecular weight excluding hydrogens is 215 g/mol. The summed E-state index contributed by atoms with van der Waals surface area (Å²) in [5.41, 5.74) is 0.120. The van der Waals surface area contributed by atoms with Crippen molar-refractivity contribution in [3.05, 3.63) is 34.1 Å². The number of nitro benzene ring substituents is 1. The van der Waals surface area contributed by atoms with Crippen molar-refractivity contribution in [3.63, 3.8) is 0 Å². The number of hydrogen-bond acceptors (Lipinski definition) is 4. The van der Waals surface area contributed by atoms with Gasteiger partial charge in [0.25, 0.3) is 5.69 Å². The van der Waals surface area contributed by atoms with Crippen LogP contribution >= 0.6 is 0 Å². The smallest absolute Gasteiger partial charge is 0.274 e. The summed E-state index contributed by atoms with van der Waals surface area (Å²) in [5.74, 6) is -0.652. The molecule has 88 valence electrons. The zero-order valence-electron chi connectivity index (χ0n) is 8.89. The molecular formula is C10H13FN2O3. The molecule has 0 aliphatic rings. The van der Waals surface area contributed by atoms with E-state index < -0.39 is 10.7 Å². The Labute approximate surface area is 92.3 Å². The molecule has 0 unspecified atom stereocenters. The number of anilines is 1. The number of hydrogen-bond donors (Lipinski definition) is 1. The third-order valence-corrected chi connectivity index (χ3v) is 2.19. The quantitative estimate of drug-likeness (QED) is 0.613. The number of rotatable bonds is 5. The van der Waals surface area contributed by atoms with Crippen LogP contribution in [0.3, 0.4) is 0 Å². The molecule has 0 aliphatic carbocycles. The zero-order chi connectivity index (χ0) is 12.1. The molecule has 1 aromatic carbocycles. The highest BCUT2D eigenvalue weighted by Gasteiger charge is 2.13. The highest BCUT2D eigenvalue weighted by Crippen LogP contribution is 2.23. The summed E-state index contributed by atoms with van der Waals surface area (Å²) in [5, 5.41) is 19.4. The van der Waals surface area contributed by atoms with Crippen LogP contribution in [0.15, 0.2) is 18.2 Å². The predicted octanol–water partition coefficient (Wildman–Crippen LogP) is 1.55. The average molecular weight is 228 g/mol. The van der Waals surface area contributed by atoms with Crippen LogP contribution in [0.2, 0.25) is 0 Å². The molecule has 0 spiro atoms. The standard InChI is InChI=1S/C10H13FN2O3/c1-2-12(3-4-14)9-5-8(11)6-10(7-9)13(15)16/h5-7,14H,2-4H2,1H3. The van der Waals surface area contributed by atoms with Crippen molar-refractivity contribution in [1.82, 2.24) is 0 Å². The number of aliphatic hydroxyl groups excluding tert-OH is 1. The molecule has 0 heterocycles. The minimum Gasteiger partial charge on any atom is -0.395 e. The van der Waals surface area contributed by atoms with Crippen LogP contribution in [-0.4, -0.2) is 29.7 Å². The summed E-state index contributed by atoms with van der Waals surface area (Å²) >= 11 is 0. The van der Waals surface area contributed by atoms with E-state index in [0.717, 1.165) is 6.07 Å². The van der Waals surface area contributed by atoms with E-state index in [1.165, 1.54) is 12.1 Å². The van der Waals surface area contributed by atoms with Gasteiger partial charge in [-0.05, 0) is 13.0 Å². The summed E-state index contributed by atoms with van der Waals surface area (Å²) in [7, 11) is 0. The third kappa shape index (κ3) is 2.90. The fraction of sp³-hybridized carbons (Fsp3) is 0.400. The molecule has 0 bridgehead atoms. The van der Waals surface area contributed by atoms with Crippen LogP contribution in [0.4, 0.5) is 15.8 Å². The van der Waals surface area contributed by atoms with E-state index in [9.17, 15) is 14.5 Å². The normalized spacial score (nSPS) is 10.2. The largest absolute Gasteiger partial charge is 0.395 e. The van der Waals surface area contributed by atoms with Gasteiger partial charge in [0, 0.05) is 24.8 Å². The molecule has 0 saturated carbocycles. The van der Waals surface area contributed by atoms with Gasteiger partial charge >= 0.3 is 0 Å². The highest BCUT2D eigenvalue weighted by atomic mass is 19.1. The Morgan fingerprint density at radius 2 is 2.19 bits per heavy atom. The topological polar surface area (TPSA) is 66.6 Å². The molecule has 0 aliphatic heterocycles. The SMILES string of the molecule is CCN(CCO)c1cc(F)cc([N+](=O)[O-])c1. The number of aliphatic hydroxyl groups is 1. The molecule has 16 heavy (non-hydrogen) atoms. The molecule has 1 rings (SSSR count). The van der Waals surface area contributed by atoms with Crippen molar-refractivity contribution in [2.24, 2.45) is 0 Å². The molecule has 5 nitrogen and oxygen atoms in total. The van der Waals surface area contributed by atoms with E-state index in [1.807, 2.05) is 6.92 Å². The van der Waals surface area contributed by atoms with Gasteiger partial charge in [-0.2, -0.15) is 0 Å². The Morgan fingerprint density at radius 1 is 1.50 bits per heavy atom. The number of benzene rings is 1. The number of non-ortho nitro benzene ring substituents is 1. The van der Waals surface area contributed by atoms with Gasteiger partial charge in [0.15, 0.2) is 0 Å². The lowest BCUT2D eigenvalue weighted by Gasteiger charge is -2.21. The molecule has 0 radical (unpaired) electrons. The number of halogens is 1. The lowest BCUT2D eigenvalue weighted by Crippen LogP contribution is -2.26. The van der Waals surface area contributed by atoms with Gasteiger partial charge in [0.2, 0.25) is 0 Å². The minimum absolute atomic E-state index is 0.0852. The van der Waals surface area contributed by atoms with Crippen molar-refractivity contribution in [2.45, 2.75) is 6.92 Å². The van der Waals surface area contributed by atoms with Crippen molar-refractivity contribution in [1.29, 1.82) is 0 Å². The zero-order valence-corrected chi connectivity index (χ0v) is 8.89. The second-order valence-electron chi connectivity index (χ2n) is 3.23. The minimum atomic E-state index is -0.652. The van der Waals surface area contributed by atoms with Gasteiger partial charge in [-0.15, -0.1) is 0 Å². The van der Waals surface area contributed by atoms with Crippen LogP contribution in [0.5, 0.6) is 0 Å². The van der Waals surface area contributed by atoms with Crippen molar-refractivity contribution in [3.8, 4) is 0 Å². The van der Waals surface area contributed by atoms with Crippen LogP contribution in [0.1, 0.15) is 6.92 Å². The van der Waals surface area contributed by atoms with Crippen molar-refractivity contribution >= 4 is 11.4 Å². The maximum absolute atomic E-state index is 13.1. The molecule has 1 N–H and O–H groups in total. The predicted molar refractivity (Wildman–Crippen MR) is 58.0 cm³/mol. The maximum Gasteiger partial charge on any atom is 0.274 e. The summed E-state index contributed by atoms with van der Waals surface area (Å²) < 4.78 is 13.1. The second kappa shape index (κ2) is 5.41. The van der Waals surface area contributed by atoms with Crippen LogP contribution in [0, 0.1) is 15.9 Å². The van der Waals surface area contributed by atoms with Crippen LogP contribution < -0.4 is 4.90 Å². The van der Waals surface area contributed by atoms with Crippen molar-refractivity contribution in [2.75, 3.05) is 24.6 Å². The lowest BCUT2D eigenvalue weighted by molar-refractivity contribution is -0.385. The fourth-order valence-electron chi connectivity index (χ4n) is 1.44. The first-order valence-corrected chi connectivity index (χ1v) is 4.89. The fourth-order valence-corrected chi connectivity index (χ4v) is 1.44. The van der Waals surface area contributed by atoms with E-state index in [-0.39, 0.29) is 12.3 Å². The molecule has 1 aromatic rings. The van der Waals surface area contributed by atoms with Crippen molar-refractivity contribution < 1.29 is 14.4 Å². The summed E-state index contributed by atoms with van der Waals surface area (Å²) in [6.45, 7) is 2.60. The molecule has 0 aromatic heterocycles. The average Bonchev–Trinajstić information content (AvgIpc) is 2.24. The van der Waals surface area contributed by atoms with E-state index >= 15 is 0 Å². The van der Waals surface area contributed by atoms with Gasteiger partial charge in [0.1, 0.15) is 5.82 Å². The van der Waals surface area contributed by atoms with E-state index in [4.69, 9.17) is 5.11 Å². The Balaban J connectivity index is 3.07. The van der Waals surface area contributed by atoms with E-state index in [2.05, 4.69) is 0 Å².